The van der Waals surface area contributed by atoms with Crippen molar-refractivity contribution in [1.29, 1.82) is 0 Å². The minimum absolute atomic E-state index is 0.00361. The summed E-state index contributed by atoms with van der Waals surface area (Å²) in [6.45, 7) is 5.11. The van der Waals surface area contributed by atoms with Crippen molar-refractivity contribution in [1.82, 2.24) is 14.9 Å². The molecule has 0 aliphatic rings. The van der Waals surface area contributed by atoms with Gasteiger partial charge in [0.1, 0.15) is 0 Å². The summed E-state index contributed by atoms with van der Waals surface area (Å²) in [6, 6.07) is 5.54. The number of hydrogen-bond donors (Lipinski definition) is 1. The standard InChI is InChI=1S/C14H17Cl2N3S/c1-3-7-17-13(14-12(4-2)18-19-20-14)10-8-9(15)5-6-11(10)16/h5-6,8,13,17H,3-4,7H2,1-2H3. The SMILES string of the molecule is CCCNC(c1cc(Cl)ccc1Cl)c1snnc1CC. The molecule has 1 atom stereocenters. The molecule has 1 aromatic carbocycles. The summed E-state index contributed by atoms with van der Waals surface area (Å²) in [4.78, 5) is 1.12. The van der Waals surface area contributed by atoms with Gasteiger partial charge in [0.15, 0.2) is 0 Å². The highest BCUT2D eigenvalue weighted by atomic mass is 35.5. The zero-order valence-electron chi connectivity index (χ0n) is 11.5. The summed E-state index contributed by atoms with van der Waals surface area (Å²) in [5.41, 5.74) is 1.99. The van der Waals surface area contributed by atoms with E-state index in [-0.39, 0.29) is 6.04 Å². The monoisotopic (exact) mass is 329 g/mol. The van der Waals surface area contributed by atoms with Crippen molar-refractivity contribution >= 4 is 34.7 Å². The van der Waals surface area contributed by atoms with E-state index in [1.54, 1.807) is 6.07 Å². The van der Waals surface area contributed by atoms with E-state index in [2.05, 4.69) is 28.8 Å². The van der Waals surface area contributed by atoms with Gasteiger partial charge in [-0.1, -0.05) is 41.5 Å². The van der Waals surface area contributed by atoms with Crippen LogP contribution in [0.15, 0.2) is 18.2 Å². The Kier molecular flexibility index (Phi) is 5.78. The van der Waals surface area contributed by atoms with Gasteiger partial charge in [-0.2, -0.15) is 0 Å². The summed E-state index contributed by atoms with van der Waals surface area (Å²) < 4.78 is 4.08. The molecule has 0 amide bonds. The zero-order valence-corrected chi connectivity index (χ0v) is 13.8. The van der Waals surface area contributed by atoms with Gasteiger partial charge >= 0.3 is 0 Å². The maximum atomic E-state index is 6.35. The summed E-state index contributed by atoms with van der Waals surface area (Å²) in [5.74, 6) is 0. The second-order valence-corrected chi connectivity index (χ2v) is 6.12. The van der Waals surface area contributed by atoms with E-state index in [0.29, 0.717) is 10.0 Å². The lowest BCUT2D eigenvalue weighted by Gasteiger charge is -2.19. The Morgan fingerprint density at radius 2 is 2.10 bits per heavy atom. The van der Waals surface area contributed by atoms with Crippen molar-refractivity contribution in [3.05, 3.63) is 44.4 Å². The third-order valence-corrected chi connectivity index (χ3v) is 4.46. The Hall–Kier alpha value is -0.680. The Labute approximate surface area is 133 Å². The summed E-state index contributed by atoms with van der Waals surface area (Å²) in [5, 5.41) is 9.10. The number of hydrogen-bond acceptors (Lipinski definition) is 4. The van der Waals surface area contributed by atoms with Crippen molar-refractivity contribution < 1.29 is 0 Å². The Bertz CT molecular complexity index is 571. The maximum Gasteiger partial charge on any atom is 0.0804 e. The van der Waals surface area contributed by atoms with Gasteiger partial charge in [-0.05, 0) is 54.7 Å². The van der Waals surface area contributed by atoms with E-state index in [0.717, 1.165) is 35.5 Å². The zero-order chi connectivity index (χ0) is 14.5. The average Bonchev–Trinajstić information content (AvgIpc) is 2.91. The number of halogens is 2. The molecule has 2 aromatic rings. The lowest BCUT2D eigenvalue weighted by atomic mass is 10.0. The van der Waals surface area contributed by atoms with Crippen LogP contribution in [0.25, 0.3) is 0 Å². The van der Waals surface area contributed by atoms with E-state index in [4.69, 9.17) is 23.2 Å². The predicted octanol–water partition coefficient (Wildman–Crippen LogP) is 4.50. The Balaban J connectivity index is 2.44. The van der Waals surface area contributed by atoms with Crippen LogP contribution >= 0.6 is 34.7 Å². The van der Waals surface area contributed by atoms with Gasteiger partial charge in [-0.25, -0.2) is 0 Å². The third kappa shape index (κ3) is 3.50. The summed E-state index contributed by atoms with van der Waals surface area (Å²) >= 11 is 13.9. The van der Waals surface area contributed by atoms with Crippen LogP contribution in [0.2, 0.25) is 10.0 Å². The van der Waals surface area contributed by atoms with Crippen LogP contribution in [-0.2, 0) is 6.42 Å². The molecule has 0 fully saturated rings. The molecule has 1 heterocycles. The van der Waals surface area contributed by atoms with Gasteiger partial charge in [0.05, 0.1) is 16.6 Å². The van der Waals surface area contributed by atoms with Gasteiger partial charge in [0, 0.05) is 10.0 Å². The molecule has 0 radical (unpaired) electrons. The minimum Gasteiger partial charge on any atom is -0.305 e. The fraction of sp³-hybridized carbons (Fsp3) is 0.429. The molecule has 0 aliphatic carbocycles. The number of aryl methyl sites for hydroxylation is 1. The highest BCUT2D eigenvalue weighted by molar-refractivity contribution is 7.05. The maximum absolute atomic E-state index is 6.35. The van der Waals surface area contributed by atoms with Gasteiger partial charge in [-0.3, -0.25) is 0 Å². The lowest BCUT2D eigenvalue weighted by molar-refractivity contribution is 0.601. The molecule has 6 heteroatoms. The van der Waals surface area contributed by atoms with Crippen LogP contribution in [0.3, 0.4) is 0 Å². The largest absolute Gasteiger partial charge is 0.305 e. The van der Waals surface area contributed by atoms with Crippen molar-refractivity contribution in [2.24, 2.45) is 0 Å². The second kappa shape index (κ2) is 7.36. The van der Waals surface area contributed by atoms with Crippen LogP contribution in [0.4, 0.5) is 0 Å². The van der Waals surface area contributed by atoms with E-state index in [1.807, 2.05) is 12.1 Å². The molecule has 0 bridgehead atoms. The molecule has 1 N–H and O–H groups in total. The van der Waals surface area contributed by atoms with E-state index in [1.165, 1.54) is 11.5 Å². The molecule has 0 saturated heterocycles. The normalized spacial score (nSPS) is 12.6. The average molecular weight is 330 g/mol. The molecule has 1 aromatic heterocycles. The van der Waals surface area contributed by atoms with Crippen LogP contribution in [0, 0.1) is 0 Å². The first-order valence-electron chi connectivity index (χ1n) is 6.66. The van der Waals surface area contributed by atoms with Crippen molar-refractivity contribution in [3.63, 3.8) is 0 Å². The predicted molar refractivity (Wildman–Crippen MR) is 85.9 cm³/mol. The van der Waals surface area contributed by atoms with Gasteiger partial charge in [-0.15, -0.1) is 5.10 Å². The molecular formula is C14H17Cl2N3S. The molecular weight excluding hydrogens is 313 g/mol. The third-order valence-electron chi connectivity index (χ3n) is 3.05. The minimum atomic E-state index is -0.00361. The molecule has 0 spiro atoms. The van der Waals surface area contributed by atoms with Gasteiger partial charge in [0.2, 0.25) is 0 Å². The smallest absolute Gasteiger partial charge is 0.0804 e. The highest BCUT2D eigenvalue weighted by Gasteiger charge is 2.22. The number of nitrogens with one attached hydrogen (secondary N) is 1. The van der Waals surface area contributed by atoms with Crippen LogP contribution in [0.5, 0.6) is 0 Å². The first-order chi connectivity index (χ1) is 9.67. The molecule has 0 aliphatic heterocycles. The van der Waals surface area contributed by atoms with Gasteiger partial charge < -0.3 is 5.32 Å². The van der Waals surface area contributed by atoms with Crippen molar-refractivity contribution in [3.8, 4) is 0 Å². The van der Waals surface area contributed by atoms with Crippen LogP contribution < -0.4 is 5.32 Å². The fourth-order valence-corrected chi connectivity index (χ4v) is 3.29. The number of aromatic nitrogens is 2. The van der Waals surface area contributed by atoms with E-state index >= 15 is 0 Å². The molecule has 0 saturated carbocycles. The van der Waals surface area contributed by atoms with Crippen molar-refractivity contribution in [2.45, 2.75) is 32.7 Å². The molecule has 1 unspecified atom stereocenters. The molecule has 108 valence electrons. The number of benzene rings is 1. The fourth-order valence-electron chi connectivity index (χ4n) is 2.05. The summed E-state index contributed by atoms with van der Waals surface area (Å²) in [7, 11) is 0. The quantitative estimate of drug-likeness (QED) is 0.848. The lowest BCUT2D eigenvalue weighted by Crippen LogP contribution is -2.23. The topological polar surface area (TPSA) is 37.8 Å². The highest BCUT2D eigenvalue weighted by Crippen LogP contribution is 2.33. The van der Waals surface area contributed by atoms with E-state index < -0.39 is 0 Å². The number of rotatable bonds is 6. The molecule has 3 nitrogen and oxygen atoms in total. The molecule has 2 rings (SSSR count). The van der Waals surface area contributed by atoms with E-state index in [9.17, 15) is 0 Å². The first kappa shape index (κ1) is 15.7. The van der Waals surface area contributed by atoms with Crippen LogP contribution in [-0.4, -0.2) is 16.1 Å². The Morgan fingerprint density at radius 3 is 2.80 bits per heavy atom. The van der Waals surface area contributed by atoms with Gasteiger partial charge in [0.25, 0.3) is 0 Å². The molecule has 20 heavy (non-hydrogen) atoms. The second-order valence-electron chi connectivity index (χ2n) is 4.49. The summed E-state index contributed by atoms with van der Waals surface area (Å²) in [6.07, 6.45) is 1.90. The van der Waals surface area contributed by atoms with Crippen molar-refractivity contribution in [2.75, 3.05) is 6.54 Å². The first-order valence-corrected chi connectivity index (χ1v) is 8.19. The van der Waals surface area contributed by atoms with Crippen LogP contribution in [0.1, 0.15) is 42.4 Å². The Morgan fingerprint density at radius 1 is 1.30 bits per heavy atom. The number of nitrogens with zero attached hydrogens (tertiary/aromatic N) is 2.